The van der Waals surface area contributed by atoms with Gasteiger partial charge in [0.2, 0.25) is 0 Å². The third-order valence-electron chi connectivity index (χ3n) is 4.13. The second kappa shape index (κ2) is 6.84. The summed E-state index contributed by atoms with van der Waals surface area (Å²) < 4.78 is 5.05. The Morgan fingerprint density at radius 2 is 1.83 bits per heavy atom. The van der Waals surface area contributed by atoms with Crippen molar-refractivity contribution >= 4 is 7.69 Å². The second-order valence-electron chi connectivity index (χ2n) is 5.35. The van der Waals surface area contributed by atoms with Crippen LogP contribution in [0.1, 0.15) is 56.9 Å². The Bertz CT molecular complexity index is 342. The summed E-state index contributed by atoms with van der Waals surface area (Å²) in [5, 5.41) is 8.70. The Kier molecular flexibility index (Phi) is 5.12. The van der Waals surface area contributed by atoms with Gasteiger partial charge < -0.3 is 9.68 Å². The van der Waals surface area contributed by atoms with Crippen molar-refractivity contribution in [1.82, 2.24) is 0 Å². The predicted octanol–water partition coefficient (Wildman–Crippen LogP) is 3.40. The first kappa shape index (κ1) is 13.5. The molecule has 0 aromatic heterocycles. The van der Waals surface area contributed by atoms with Gasteiger partial charge in [-0.3, -0.25) is 0 Å². The molecule has 2 nitrogen and oxygen atoms in total. The zero-order valence-electron chi connectivity index (χ0n) is 11.3. The predicted molar refractivity (Wildman–Crippen MR) is 76.0 cm³/mol. The van der Waals surface area contributed by atoms with Crippen LogP contribution in [-0.2, 0) is 0 Å². The third-order valence-corrected chi connectivity index (χ3v) is 4.13. The lowest BCUT2D eigenvalue weighted by atomic mass is 9.77. The largest absolute Gasteiger partial charge is 0.539 e. The van der Waals surface area contributed by atoms with Crippen molar-refractivity contribution in [1.29, 1.82) is 0 Å². The summed E-state index contributed by atoms with van der Waals surface area (Å²) in [4.78, 5) is 0. The van der Waals surface area contributed by atoms with Crippen LogP contribution in [0.3, 0.4) is 0 Å². The molecule has 1 aliphatic rings. The van der Waals surface area contributed by atoms with Gasteiger partial charge in [-0.15, -0.1) is 0 Å². The number of hydrogen-bond acceptors (Lipinski definition) is 2. The summed E-state index contributed by atoms with van der Waals surface area (Å²) in [5.74, 6) is 2.44. The van der Waals surface area contributed by atoms with Crippen LogP contribution in [0.4, 0.5) is 0 Å². The van der Waals surface area contributed by atoms with Crippen LogP contribution in [0.25, 0.3) is 0 Å². The zero-order valence-corrected chi connectivity index (χ0v) is 11.3. The standard InChI is InChI=1S/C15H23BO2/c1-2-3-12-4-6-13(7-5-12)14-8-10-15(11-9-14)18-16-17/h8-13,16-17H,2-7H2,1H3/t12-,13-. The van der Waals surface area contributed by atoms with Crippen LogP contribution in [0, 0.1) is 5.92 Å². The molecule has 0 heterocycles. The van der Waals surface area contributed by atoms with Crippen LogP contribution in [0.2, 0.25) is 0 Å². The molecule has 0 radical (unpaired) electrons. The molecule has 0 unspecified atom stereocenters. The maximum Gasteiger partial charge on any atom is 0.504 e. The van der Waals surface area contributed by atoms with E-state index >= 15 is 0 Å². The molecule has 1 aliphatic carbocycles. The molecule has 18 heavy (non-hydrogen) atoms. The minimum Gasteiger partial charge on any atom is -0.539 e. The summed E-state index contributed by atoms with van der Waals surface area (Å²) in [6, 6.07) is 8.22. The van der Waals surface area contributed by atoms with Crippen LogP contribution in [-0.4, -0.2) is 12.7 Å². The Morgan fingerprint density at radius 1 is 1.17 bits per heavy atom. The summed E-state index contributed by atoms with van der Waals surface area (Å²) in [6.07, 6.45) is 8.13. The molecule has 3 heteroatoms. The number of hydrogen-bond donors (Lipinski definition) is 1. The van der Waals surface area contributed by atoms with Crippen molar-refractivity contribution in [2.45, 2.75) is 51.4 Å². The molecule has 98 valence electrons. The molecule has 0 spiro atoms. The van der Waals surface area contributed by atoms with Crippen molar-refractivity contribution in [2.24, 2.45) is 5.92 Å². The van der Waals surface area contributed by atoms with Crippen molar-refractivity contribution in [3.63, 3.8) is 0 Å². The molecule has 0 amide bonds. The van der Waals surface area contributed by atoms with E-state index in [4.69, 9.17) is 9.68 Å². The Hall–Kier alpha value is -0.955. The Morgan fingerprint density at radius 3 is 2.39 bits per heavy atom. The monoisotopic (exact) mass is 246 g/mol. The fourth-order valence-corrected chi connectivity index (χ4v) is 3.10. The van der Waals surface area contributed by atoms with Gasteiger partial charge in [-0.05, 0) is 55.2 Å². The van der Waals surface area contributed by atoms with Gasteiger partial charge in [0.25, 0.3) is 0 Å². The SMILES string of the molecule is CCC[C@H]1CC[C@H](c2ccc(OBO)cc2)CC1. The highest BCUT2D eigenvalue weighted by atomic mass is 16.5. The molecule has 1 fully saturated rings. The van der Waals surface area contributed by atoms with Crippen molar-refractivity contribution < 1.29 is 9.68 Å². The molecule has 2 rings (SSSR count). The van der Waals surface area contributed by atoms with Gasteiger partial charge in [0.05, 0.1) is 0 Å². The van der Waals surface area contributed by atoms with E-state index in [1.807, 2.05) is 12.1 Å². The summed E-state index contributed by atoms with van der Waals surface area (Å²) in [7, 11) is -0.249. The van der Waals surface area contributed by atoms with Crippen LogP contribution in [0.5, 0.6) is 5.75 Å². The quantitative estimate of drug-likeness (QED) is 0.807. The van der Waals surface area contributed by atoms with Gasteiger partial charge in [0.1, 0.15) is 5.75 Å². The van der Waals surface area contributed by atoms with E-state index in [1.165, 1.54) is 44.1 Å². The highest BCUT2D eigenvalue weighted by Gasteiger charge is 2.21. The molecular weight excluding hydrogens is 223 g/mol. The zero-order chi connectivity index (χ0) is 12.8. The second-order valence-corrected chi connectivity index (χ2v) is 5.35. The van der Waals surface area contributed by atoms with Gasteiger partial charge in [-0.25, -0.2) is 0 Å². The van der Waals surface area contributed by atoms with E-state index in [-0.39, 0.29) is 7.69 Å². The molecule has 1 N–H and O–H groups in total. The molecular formula is C15H23BO2. The normalized spacial score (nSPS) is 23.7. The Balaban J connectivity index is 1.89. The molecule has 0 aliphatic heterocycles. The number of benzene rings is 1. The molecule has 0 bridgehead atoms. The highest BCUT2D eigenvalue weighted by Crippen LogP contribution is 2.37. The summed E-state index contributed by atoms with van der Waals surface area (Å²) >= 11 is 0. The highest BCUT2D eigenvalue weighted by molar-refractivity contribution is 6.17. The molecule has 0 saturated heterocycles. The van der Waals surface area contributed by atoms with Gasteiger partial charge in [0.15, 0.2) is 0 Å². The van der Waals surface area contributed by atoms with E-state index in [2.05, 4.69) is 19.1 Å². The van der Waals surface area contributed by atoms with Crippen molar-refractivity contribution in [3.05, 3.63) is 29.8 Å². The smallest absolute Gasteiger partial charge is 0.504 e. The van der Waals surface area contributed by atoms with E-state index in [1.54, 1.807) is 0 Å². The van der Waals surface area contributed by atoms with Gasteiger partial charge in [0, 0.05) is 0 Å². The van der Waals surface area contributed by atoms with Crippen molar-refractivity contribution in [2.75, 3.05) is 0 Å². The lowest BCUT2D eigenvalue weighted by Gasteiger charge is -2.28. The third kappa shape index (κ3) is 3.52. The fourth-order valence-electron chi connectivity index (χ4n) is 3.10. The summed E-state index contributed by atoms with van der Waals surface area (Å²) in [5.41, 5.74) is 1.43. The molecule has 0 atom stereocenters. The van der Waals surface area contributed by atoms with Gasteiger partial charge in [-0.2, -0.15) is 0 Å². The van der Waals surface area contributed by atoms with Crippen LogP contribution >= 0.6 is 0 Å². The molecule has 1 aromatic carbocycles. The molecule has 1 aromatic rings. The maximum absolute atomic E-state index is 8.70. The lowest BCUT2D eigenvalue weighted by Crippen LogP contribution is -2.13. The van der Waals surface area contributed by atoms with Gasteiger partial charge in [-0.1, -0.05) is 31.9 Å². The average molecular weight is 246 g/mol. The van der Waals surface area contributed by atoms with Crippen LogP contribution in [0.15, 0.2) is 24.3 Å². The first-order valence-corrected chi connectivity index (χ1v) is 7.17. The lowest BCUT2D eigenvalue weighted by molar-refractivity contribution is 0.308. The average Bonchev–Trinajstić information content (AvgIpc) is 2.41. The van der Waals surface area contributed by atoms with E-state index in [0.29, 0.717) is 0 Å². The topological polar surface area (TPSA) is 29.5 Å². The number of rotatable bonds is 5. The Labute approximate surface area is 111 Å². The molecule has 1 saturated carbocycles. The van der Waals surface area contributed by atoms with Crippen molar-refractivity contribution in [3.8, 4) is 5.75 Å². The first-order valence-electron chi connectivity index (χ1n) is 7.17. The minimum atomic E-state index is -0.249. The van der Waals surface area contributed by atoms with E-state index < -0.39 is 0 Å². The summed E-state index contributed by atoms with van der Waals surface area (Å²) in [6.45, 7) is 2.28. The minimum absolute atomic E-state index is 0.249. The van der Waals surface area contributed by atoms with E-state index in [9.17, 15) is 0 Å². The van der Waals surface area contributed by atoms with E-state index in [0.717, 1.165) is 17.6 Å². The maximum atomic E-state index is 8.70. The van der Waals surface area contributed by atoms with Gasteiger partial charge >= 0.3 is 7.69 Å². The first-order chi connectivity index (χ1) is 8.83. The van der Waals surface area contributed by atoms with Crippen LogP contribution < -0.4 is 4.65 Å². The fraction of sp³-hybridized carbons (Fsp3) is 0.600.